The number of nitrogens with one attached hydrogen (secondary N) is 1. The van der Waals surface area contributed by atoms with E-state index in [9.17, 15) is 14.9 Å². The van der Waals surface area contributed by atoms with Gasteiger partial charge in [-0.2, -0.15) is 0 Å². The Bertz CT molecular complexity index is 559. The van der Waals surface area contributed by atoms with Crippen molar-refractivity contribution in [2.45, 2.75) is 32.2 Å². The molecule has 1 heterocycles. The lowest BCUT2D eigenvalue weighted by Crippen LogP contribution is -2.46. The fourth-order valence-electron chi connectivity index (χ4n) is 2.80. The Morgan fingerprint density at radius 2 is 2.14 bits per heavy atom. The Hall–Kier alpha value is -1.66. The first kappa shape index (κ1) is 16.7. The second kappa shape index (κ2) is 7.56. The molecule has 0 radical (unpaired) electrons. The van der Waals surface area contributed by atoms with Gasteiger partial charge >= 0.3 is 0 Å². The molecular weight excluding hydrogens is 306 g/mol. The minimum atomic E-state index is -0.550. The predicted octanol–water partition coefficient (Wildman–Crippen LogP) is 2.85. The molecule has 0 spiro atoms. The summed E-state index contributed by atoms with van der Waals surface area (Å²) < 4.78 is 0. The van der Waals surface area contributed by atoms with Gasteiger partial charge in [0.15, 0.2) is 0 Å². The Balaban J connectivity index is 2.32. The molecule has 1 aromatic carbocycles. The van der Waals surface area contributed by atoms with Gasteiger partial charge in [-0.1, -0.05) is 18.5 Å². The van der Waals surface area contributed by atoms with Gasteiger partial charge in [0, 0.05) is 23.7 Å². The zero-order valence-corrected chi connectivity index (χ0v) is 13.3. The molecule has 0 unspecified atom stereocenters. The van der Waals surface area contributed by atoms with Crippen LogP contribution in [0.3, 0.4) is 0 Å². The Kier molecular flexibility index (Phi) is 5.74. The van der Waals surface area contributed by atoms with E-state index in [1.807, 2.05) is 6.92 Å². The summed E-state index contributed by atoms with van der Waals surface area (Å²) >= 11 is 5.82. The van der Waals surface area contributed by atoms with Crippen LogP contribution in [0, 0.1) is 10.1 Å². The topological polar surface area (TPSA) is 75.5 Å². The molecule has 0 aromatic heterocycles. The second-order valence-corrected chi connectivity index (χ2v) is 5.83. The highest BCUT2D eigenvalue weighted by Crippen LogP contribution is 2.26. The number of halogens is 1. The molecule has 7 heteroatoms. The van der Waals surface area contributed by atoms with Crippen LogP contribution in [-0.4, -0.2) is 41.4 Å². The molecule has 0 aliphatic carbocycles. The van der Waals surface area contributed by atoms with Crippen molar-refractivity contribution in [1.82, 2.24) is 10.2 Å². The quantitative estimate of drug-likeness (QED) is 0.667. The smallest absolute Gasteiger partial charge is 0.283 e. The molecule has 1 aliphatic rings. The fraction of sp³-hybridized carbons (Fsp3) is 0.533. The van der Waals surface area contributed by atoms with Crippen molar-refractivity contribution in [2.75, 3.05) is 19.6 Å². The van der Waals surface area contributed by atoms with Crippen LogP contribution >= 0.6 is 11.6 Å². The van der Waals surface area contributed by atoms with Crippen LogP contribution in [0.2, 0.25) is 5.02 Å². The van der Waals surface area contributed by atoms with Crippen molar-refractivity contribution in [3.8, 4) is 0 Å². The van der Waals surface area contributed by atoms with Gasteiger partial charge in [0.2, 0.25) is 0 Å². The molecule has 120 valence electrons. The number of amides is 1. The van der Waals surface area contributed by atoms with Crippen LogP contribution < -0.4 is 5.32 Å². The van der Waals surface area contributed by atoms with Crippen molar-refractivity contribution in [3.63, 3.8) is 0 Å². The molecule has 1 aromatic rings. The molecule has 6 nitrogen and oxygen atoms in total. The van der Waals surface area contributed by atoms with Crippen molar-refractivity contribution in [2.24, 2.45) is 0 Å². The monoisotopic (exact) mass is 325 g/mol. The number of carbonyl (C=O) groups is 1. The summed E-state index contributed by atoms with van der Waals surface area (Å²) in [5, 5.41) is 14.7. The highest BCUT2D eigenvalue weighted by Gasteiger charge is 2.30. The number of benzene rings is 1. The minimum absolute atomic E-state index is 0.112. The Morgan fingerprint density at radius 3 is 2.73 bits per heavy atom. The van der Waals surface area contributed by atoms with Crippen molar-refractivity contribution in [1.29, 1.82) is 0 Å². The predicted molar refractivity (Wildman–Crippen MR) is 85.3 cm³/mol. The summed E-state index contributed by atoms with van der Waals surface area (Å²) in [6.07, 6.45) is 2.55. The first-order valence-electron chi connectivity index (χ1n) is 7.50. The average Bonchev–Trinajstić information content (AvgIpc) is 2.52. The molecule has 22 heavy (non-hydrogen) atoms. The van der Waals surface area contributed by atoms with Gasteiger partial charge in [0.1, 0.15) is 5.56 Å². The van der Waals surface area contributed by atoms with E-state index >= 15 is 0 Å². The SMILES string of the molecule is CCCN(C(=O)c1ccc(Cl)cc1[N+](=O)[O-])C1CCNCC1. The zero-order valence-electron chi connectivity index (χ0n) is 12.5. The van der Waals surface area contributed by atoms with Gasteiger partial charge in [0.25, 0.3) is 11.6 Å². The maximum absolute atomic E-state index is 12.8. The van der Waals surface area contributed by atoms with Crippen LogP contribution in [0.15, 0.2) is 18.2 Å². The van der Waals surface area contributed by atoms with E-state index in [-0.39, 0.29) is 28.2 Å². The van der Waals surface area contributed by atoms with Crippen LogP contribution in [0.5, 0.6) is 0 Å². The number of nitrogens with zero attached hydrogens (tertiary/aromatic N) is 2. The number of rotatable bonds is 5. The van der Waals surface area contributed by atoms with Gasteiger partial charge in [-0.05, 0) is 44.5 Å². The van der Waals surface area contributed by atoms with Crippen molar-refractivity contribution >= 4 is 23.2 Å². The number of nitro groups is 1. The number of piperidine rings is 1. The molecule has 1 amide bonds. The fourth-order valence-corrected chi connectivity index (χ4v) is 2.97. The van der Waals surface area contributed by atoms with Crippen LogP contribution in [-0.2, 0) is 0 Å². The average molecular weight is 326 g/mol. The molecule has 1 aliphatic heterocycles. The molecule has 0 saturated carbocycles. The molecule has 1 saturated heterocycles. The first-order valence-corrected chi connectivity index (χ1v) is 7.88. The number of hydrogen-bond donors (Lipinski definition) is 1. The molecule has 0 bridgehead atoms. The van der Waals surface area contributed by atoms with E-state index in [0.717, 1.165) is 32.4 Å². The van der Waals surface area contributed by atoms with E-state index in [1.165, 1.54) is 18.2 Å². The third kappa shape index (κ3) is 3.75. The van der Waals surface area contributed by atoms with Gasteiger partial charge in [-0.3, -0.25) is 14.9 Å². The summed E-state index contributed by atoms with van der Waals surface area (Å²) in [4.78, 5) is 25.3. The molecule has 1 fully saturated rings. The highest BCUT2D eigenvalue weighted by atomic mass is 35.5. The number of carbonyl (C=O) groups excluding carboxylic acids is 1. The van der Waals surface area contributed by atoms with Gasteiger partial charge in [0.05, 0.1) is 4.92 Å². The van der Waals surface area contributed by atoms with Gasteiger partial charge in [-0.15, -0.1) is 0 Å². The maximum Gasteiger partial charge on any atom is 0.283 e. The Labute approximate surface area is 134 Å². The number of hydrogen-bond acceptors (Lipinski definition) is 4. The van der Waals surface area contributed by atoms with Crippen LogP contribution in [0.1, 0.15) is 36.5 Å². The summed E-state index contributed by atoms with van der Waals surface area (Å²) in [6.45, 7) is 4.32. The molecular formula is C15H20ClN3O3. The lowest BCUT2D eigenvalue weighted by Gasteiger charge is -2.34. The molecule has 1 N–H and O–H groups in total. The number of nitro benzene ring substituents is 1. The third-order valence-corrected chi connectivity index (χ3v) is 4.10. The minimum Gasteiger partial charge on any atom is -0.335 e. The largest absolute Gasteiger partial charge is 0.335 e. The maximum atomic E-state index is 12.8. The lowest BCUT2D eigenvalue weighted by molar-refractivity contribution is -0.385. The van der Waals surface area contributed by atoms with Crippen molar-refractivity contribution in [3.05, 3.63) is 38.9 Å². The third-order valence-electron chi connectivity index (χ3n) is 3.86. The normalized spacial score (nSPS) is 15.5. The van der Waals surface area contributed by atoms with E-state index in [0.29, 0.717) is 6.54 Å². The zero-order chi connectivity index (χ0) is 16.1. The van der Waals surface area contributed by atoms with E-state index in [1.54, 1.807) is 4.90 Å². The summed E-state index contributed by atoms with van der Waals surface area (Å²) in [7, 11) is 0. The van der Waals surface area contributed by atoms with E-state index in [2.05, 4.69) is 5.32 Å². The van der Waals surface area contributed by atoms with Gasteiger partial charge < -0.3 is 10.2 Å². The standard InChI is InChI=1S/C15H20ClN3O3/c1-2-9-18(12-5-7-17-8-6-12)15(20)13-4-3-11(16)10-14(13)19(21)22/h3-4,10,12,17H,2,5-9H2,1H3. The molecule has 0 atom stereocenters. The Morgan fingerprint density at radius 1 is 1.45 bits per heavy atom. The van der Waals surface area contributed by atoms with E-state index in [4.69, 9.17) is 11.6 Å². The second-order valence-electron chi connectivity index (χ2n) is 5.40. The van der Waals surface area contributed by atoms with Crippen molar-refractivity contribution < 1.29 is 9.72 Å². The first-order chi connectivity index (χ1) is 10.5. The highest BCUT2D eigenvalue weighted by molar-refractivity contribution is 6.31. The van der Waals surface area contributed by atoms with Crippen LogP contribution in [0.4, 0.5) is 5.69 Å². The lowest BCUT2D eigenvalue weighted by atomic mass is 10.0. The van der Waals surface area contributed by atoms with Gasteiger partial charge in [-0.25, -0.2) is 0 Å². The summed E-state index contributed by atoms with van der Waals surface area (Å²) in [6, 6.07) is 4.34. The van der Waals surface area contributed by atoms with Crippen LogP contribution in [0.25, 0.3) is 0 Å². The molecule has 2 rings (SSSR count). The van der Waals surface area contributed by atoms with E-state index < -0.39 is 4.92 Å². The summed E-state index contributed by atoms with van der Waals surface area (Å²) in [5.74, 6) is -0.280. The summed E-state index contributed by atoms with van der Waals surface area (Å²) in [5.41, 5.74) is -0.117.